The average molecular weight is 938 g/mol. The number of carbonyl (C=O) groups excluding carboxylic acids is 5. The number of Topliss-reactive ketones (excluding diaryl/α,β-unsaturated/α-hetero) is 1. The monoisotopic (exact) mass is 937 g/mol. The lowest BCUT2D eigenvalue weighted by molar-refractivity contribution is -0.129. The van der Waals surface area contributed by atoms with Crippen LogP contribution in [0.15, 0.2) is 97.3 Å². The second-order valence-electron chi connectivity index (χ2n) is 17.3. The Morgan fingerprint density at radius 1 is 0.580 bits per heavy atom. The molecule has 0 atom stereocenters. The van der Waals surface area contributed by atoms with E-state index in [0.717, 1.165) is 27.5 Å². The van der Waals surface area contributed by atoms with Gasteiger partial charge in [-0.15, -0.1) is 0 Å². The molecule has 2 aliphatic rings. The lowest BCUT2D eigenvalue weighted by atomic mass is 9.90. The minimum atomic E-state index is -0.483. The van der Waals surface area contributed by atoms with Crippen LogP contribution in [-0.4, -0.2) is 118 Å². The first-order chi connectivity index (χ1) is 33.0. The number of benzene rings is 4. The Kier molecular flexibility index (Phi) is 14.7. The van der Waals surface area contributed by atoms with E-state index >= 15 is 8.78 Å². The topological polar surface area (TPSA) is 143 Å². The molecule has 0 aliphatic carbocycles. The van der Waals surface area contributed by atoms with Gasteiger partial charge in [-0.3, -0.25) is 29.0 Å². The van der Waals surface area contributed by atoms with Gasteiger partial charge in [0.05, 0.1) is 11.0 Å². The Labute approximate surface area is 403 Å². The molecule has 12 nitrogen and oxygen atoms in total. The molecule has 69 heavy (non-hydrogen) atoms. The Morgan fingerprint density at radius 2 is 1.04 bits per heavy atom. The van der Waals surface area contributed by atoms with Gasteiger partial charge in [-0.1, -0.05) is 74.5 Å². The quantitative estimate of drug-likeness (QED) is 0.152. The van der Waals surface area contributed by atoms with Crippen molar-refractivity contribution in [1.82, 2.24) is 34.6 Å². The molecule has 9 rings (SSSR count). The van der Waals surface area contributed by atoms with E-state index in [4.69, 9.17) is 0 Å². The largest absolute Gasteiger partial charge is 0.348 e. The van der Waals surface area contributed by atoms with E-state index in [9.17, 15) is 24.0 Å². The predicted molar refractivity (Wildman–Crippen MR) is 274 cm³/mol. The lowest BCUT2D eigenvalue weighted by Crippen LogP contribution is -2.33. The van der Waals surface area contributed by atoms with Crippen LogP contribution >= 0.6 is 0 Å². The Bertz CT molecular complexity index is 3240. The molecule has 0 fully saturated rings. The highest BCUT2D eigenvalue weighted by Gasteiger charge is 2.27. The number of carbonyl (C=O) groups is 5. The molecule has 5 heterocycles. The highest BCUT2D eigenvalue weighted by atomic mass is 19.1. The summed E-state index contributed by atoms with van der Waals surface area (Å²) in [4.78, 5) is 78.3. The summed E-state index contributed by atoms with van der Waals surface area (Å²) < 4.78 is 31.8. The van der Waals surface area contributed by atoms with Crippen LogP contribution in [0.5, 0.6) is 0 Å². The van der Waals surface area contributed by atoms with E-state index in [-0.39, 0.29) is 49.0 Å². The Hall–Kier alpha value is -7.74. The number of aromatic amines is 2. The molecule has 4 aromatic carbocycles. The fraction of sp³-hybridized carbons (Fsp3) is 0.273. The van der Waals surface area contributed by atoms with Gasteiger partial charge < -0.3 is 29.6 Å². The molecule has 4 amide bonds. The van der Waals surface area contributed by atoms with Crippen LogP contribution in [0, 0.1) is 11.6 Å². The van der Waals surface area contributed by atoms with Crippen molar-refractivity contribution in [3.05, 3.63) is 137 Å². The highest BCUT2D eigenvalue weighted by molar-refractivity contribution is 6.10. The van der Waals surface area contributed by atoms with Crippen molar-refractivity contribution in [2.24, 2.45) is 0 Å². The van der Waals surface area contributed by atoms with Crippen molar-refractivity contribution in [1.29, 1.82) is 0 Å². The molecule has 2 N–H and O–H groups in total. The molecule has 2 aliphatic heterocycles. The third-order valence-corrected chi connectivity index (χ3v) is 12.4. The zero-order valence-electron chi connectivity index (χ0n) is 40.5. The predicted octanol–water partition coefficient (Wildman–Crippen LogP) is 10.9. The van der Waals surface area contributed by atoms with E-state index in [2.05, 4.69) is 15.0 Å². The Morgan fingerprint density at radius 3 is 1.52 bits per heavy atom. The number of rotatable bonds is 7. The summed E-state index contributed by atoms with van der Waals surface area (Å²) in [5, 5.41) is 3.10. The van der Waals surface area contributed by atoms with Crippen molar-refractivity contribution in [2.45, 2.75) is 47.5 Å². The van der Waals surface area contributed by atoms with Gasteiger partial charge in [0.1, 0.15) is 11.4 Å². The summed E-state index contributed by atoms with van der Waals surface area (Å²) in [5.41, 5.74) is 6.75. The second kappa shape index (κ2) is 20.6. The number of hydrogen-bond donors (Lipinski definition) is 2. The zero-order chi connectivity index (χ0) is 49.8. The van der Waals surface area contributed by atoms with Crippen LogP contribution in [0.3, 0.4) is 0 Å². The number of H-pyrrole nitrogens is 2. The van der Waals surface area contributed by atoms with Crippen LogP contribution in [0.4, 0.5) is 8.78 Å². The molecule has 0 saturated heterocycles. The minimum absolute atomic E-state index is 0. The number of fused-ring (bicyclic) bond motifs is 3. The Balaban J connectivity index is 0.000000249. The van der Waals surface area contributed by atoms with Gasteiger partial charge in [0, 0.05) is 122 Å². The lowest BCUT2D eigenvalue weighted by Gasteiger charge is -2.27. The van der Waals surface area contributed by atoms with Crippen molar-refractivity contribution in [3.63, 3.8) is 0 Å². The van der Waals surface area contributed by atoms with Gasteiger partial charge in [0.15, 0.2) is 17.4 Å². The van der Waals surface area contributed by atoms with E-state index in [1.54, 1.807) is 80.7 Å². The maximum absolute atomic E-state index is 16.0. The molecule has 3 aromatic heterocycles. The van der Waals surface area contributed by atoms with E-state index in [0.29, 0.717) is 88.9 Å². The molecular weight excluding hydrogens is 877 g/mol. The number of amides is 4. The van der Waals surface area contributed by atoms with E-state index in [1.165, 1.54) is 30.6 Å². The first kappa shape index (κ1) is 49.2. The number of hydrogen-bond acceptors (Lipinski definition) is 6. The van der Waals surface area contributed by atoms with Crippen LogP contribution in [0.1, 0.15) is 92.8 Å². The normalized spacial score (nSPS) is 13.5. The smallest absolute Gasteiger partial charge is 0.269 e. The number of nitrogens with zero attached hydrogens (tertiary/aromatic N) is 5. The second-order valence-corrected chi connectivity index (χ2v) is 17.3. The summed E-state index contributed by atoms with van der Waals surface area (Å²) in [7, 11) is 6.58. The minimum Gasteiger partial charge on any atom is -0.348 e. The van der Waals surface area contributed by atoms with Gasteiger partial charge in [0.2, 0.25) is 11.8 Å². The van der Waals surface area contributed by atoms with Crippen molar-refractivity contribution >= 4 is 73.1 Å². The van der Waals surface area contributed by atoms with Crippen LogP contribution in [-0.2, 0) is 9.59 Å². The van der Waals surface area contributed by atoms with Crippen LogP contribution in [0.2, 0.25) is 0 Å². The molecule has 360 valence electrons. The maximum Gasteiger partial charge on any atom is 0.269 e. The molecule has 0 bridgehead atoms. The van der Waals surface area contributed by atoms with E-state index in [1.807, 2.05) is 68.5 Å². The van der Waals surface area contributed by atoms with Crippen molar-refractivity contribution < 1.29 is 35.6 Å². The summed E-state index contributed by atoms with van der Waals surface area (Å²) in [6, 6.07) is 22.0. The molecule has 7 aromatic rings. The molecule has 14 heteroatoms. The van der Waals surface area contributed by atoms with Crippen LogP contribution < -0.4 is 0 Å². The number of aromatic nitrogens is 3. The molecule has 0 radical (unpaired) electrons. The highest BCUT2D eigenvalue weighted by Crippen LogP contribution is 2.40. The number of ketones is 1. The SMILES string of the molecule is CC.CC(=O)N1CCC=C(c2cc(-c3cncc4ccccc34)c3cc(C(=O)N(C)C)[nH]c3c2F)C1.CC(=O)c1ccccc1-c1cc(C2=CCCN(C(C)=O)C2)c(F)c2[nH]c(C(=O)N(C)C)cc12.[HH].[HH]. The fourth-order valence-electron chi connectivity index (χ4n) is 8.92. The molecular formula is C55H61F2N7O5. The summed E-state index contributed by atoms with van der Waals surface area (Å²) in [6.07, 6.45) is 8.79. The number of halogens is 2. The number of nitrogens with one attached hydrogen (secondary N) is 2. The van der Waals surface area contributed by atoms with Crippen molar-refractivity contribution in [3.8, 4) is 22.3 Å². The molecule has 0 saturated carbocycles. The number of pyridine rings is 1. The van der Waals surface area contributed by atoms with E-state index < -0.39 is 11.6 Å². The standard InChI is InChI=1S/C27H25FN4O2.C26H26FN3O3.C2H6.2H2/c1-16(33)32-10-6-8-18(15-32)20-11-21(23-14-29-13-17-7-4-5-9-19(17)23)22-12-24(27(34)31(2)3)30-26(22)25(20)28;1-15(31)18-9-5-6-10-19(18)21-12-20(17-8-7-11-30(14-17)16(2)32)24(27)25-22(21)13-23(28-25)26(33)29(3)4;1-2;;/h4-5,7-9,11-14,30H,6,10,15H2,1-3H3;5-6,8-10,12-13,28H,7,11,14H2,1-4H3;1-2H3;2*1H. The molecule has 0 unspecified atom stereocenters. The third kappa shape index (κ3) is 9.83. The summed E-state index contributed by atoms with van der Waals surface area (Å²) in [6.45, 7) is 10.4. The maximum atomic E-state index is 16.0. The zero-order valence-corrected chi connectivity index (χ0v) is 40.5. The average Bonchev–Trinajstić information content (AvgIpc) is 4.02. The summed E-state index contributed by atoms with van der Waals surface area (Å²) >= 11 is 0. The third-order valence-electron chi connectivity index (χ3n) is 12.4. The summed E-state index contributed by atoms with van der Waals surface area (Å²) in [5.74, 6) is -1.64. The van der Waals surface area contributed by atoms with Gasteiger partial charge in [-0.2, -0.15) is 0 Å². The van der Waals surface area contributed by atoms with Gasteiger partial charge in [0.25, 0.3) is 11.8 Å². The fourth-order valence-corrected chi connectivity index (χ4v) is 8.92. The van der Waals surface area contributed by atoms with Gasteiger partial charge in [-0.25, -0.2) is 8.78 Å². The van der Waals surface area contributed by atoms with Gasteiger partial charge >= 0.3 is 0 Å². The first-order valence-electron chi connectivity index (χ1n) is 23.0. The van der Waals surface area contributed by atoms with Crippen LogP contribution in [0.25, 0.3) is 66.0 Å². The first-order valence-corrected chi connectivity index (χ1v) is 23.0. The molecule has 0 spiro atoms. The van der Waals surface area contributed by atoms with Gasteiger partial charge in [-0.05, 0) is 77.3 Å². The van der Waals surface area contributed by atoms with Crippen molar-refractivity contribution in [2.75, 3.05) is 54.4 Å².